The quantitative estimate of drug-likeness (QED) is 0.847. The van der Waals surface area contributed by atoms with Gasteiger partial charge >= 0.3 is 0 Å². The van der Waals surface area contributed by atoms with Crippen molar-refractivity contribution in [2.75, 3.05) is 26.7 Å². The van der Waals surface area contributed by atoms with Crippen molar-refractivity contribution in [3.8, 4) is 0 Å². The maximum absolute atomic E-state index is 6.35. The smallest absolute Gasteiger partial charge is 0.133 e. The van der Waals surface area contributed by atoms with Gasteiger partial charge in [0.05, 0.1) is 11.7 Å². The zero-order chi connectivity index (χ0) is 13.0. The van der Waals surface area contributed by atoms with Crippen LogP contribution in [0.5, 0.6) is 0 Å². The number of aromatic nitrogens is 2. The molecule has 5 heteroatoms. The lowest BCUT2D eigenvalue weighted by molar-refractivity contribution is 0.212. The van der Waals surface area contributed by atoms with Gasteiger partial charge in [0.1, 0.15) is 11.0 Å². The van der Waals surface area contributed by atoms with Gasteiger partial charge in [-0.15, -0.1) is 0 Å². The highest BCUT2D eigenvalue weighted by Gasteiger charge is 2.24. The predicted molar refractivity (Wildman–Crippen MR) is 72.5 cm³/mol. The Labute approximate surface area is 109 Å². The van der Waals surface area contributed by atoms with Crippen LogP contribution in [-0.2, 0) is 7.05 Å². The van der Waals surface area contributed by atoms with Crippen molar-refractivity contribution >= 4 is 11.6 Å². The molecule has 0 saturated carbocycles. The third-order valence-electron chi connectivity index (χ3n) is 3.24. The summed E-state index contributed by atoms with van der Waals surface area (Å²) in [5.41, 5.74) is 0.977. The average Bonchev–Trinajstić information content (AvgIpc) is 2.57. The molecule has 1 aromatic heterocycles. The van der Waals surface area contributed by atoms with Crippen LogP contribution in [0.1, 0.15) is 31.4 Å². The fourth-order valence-electron chi connectivity index (χ4n) is 2.08. The van der Waals surface area contributed by atoms with Crippen molar-refractivity contribution < 1.29 is 0 Å². The Morgan fingerprint density at radius 1 is 1.41 bits per heavy atom. The molecule has 17 heavy (non-hydrogen) atoms. The van der Waals surface area contributed by atoms with Gasteiger partial charge in [0, 0.05) is 13.6 Å². The maximum Gasteiger partial charge on any atom is 0.133 e. The average molecular weight is 259 g/mol. The molecule has 0 aliphatic carbocycles. The highest BCUT2D eigenvalue weighted by molar-refractivity contribution is 6.30. The minimum absolute atomic E-state index is 0.238. The third kappa shape index (κ3) is 3.00. The molecule has 1 atom stereocenters. The molecule has 0 aromatic carbocycles. The first-order valence-electron chi connectivity index (χ1n) is 6.14. The van der Waals surface area contributed by atoms with E-state index in [9.17, 15) is 0 Å². The summed E-state index contributed by atoms with van der Waals surface area (Å²) in [6, 6.07) is 0.238. The first-order chi connectivity index (χ1) is 8.06. The molecule has 98 valence electrons. The van der Waals surface area contributed by atoms with Crippen LogP contribution in [0.3, 0.4) is 0 Å². The van der Waals surface area contributed by atoms with Crippen molar-refractivity contribution in [3.63, 3.8) is 0 Å². The summed E-state index contributed by atoms with van der Waals surface area (Å²) in [5.74, 6) is 0.957. The fraction of sp³-hybridized carbons (Fsp3) is 0.750. The molecule has 0 fully saturated rings. The monoisotopic (exact) mass is 258 g/mol. The van der Waals surface area contributed by atoms with Crippen LogP contribution in [0, 0.1) is 6.92 Å². The number of imidazole rings is 1. The summed E-state index contributed by atoms with van der Waals surface area (Å²) >= 11 is 6.35. The summed E-state index contributed by atoms with van der Waals surface area (Å²) in [6.45, 7) is 9.15. The fourth-order valence-corrected chi connectivity index (χ4v) is 2.37. The van der Waals surface area contributed by atoms with Crippen LogP contribution in [0.2, 0.25) is 5.15 Å². The lowest BCUT2D eigenvalue weighted by Crippen LogP contribution is -2.35. The Kier molecular flexibility index (Phi) is 5.43. The minimum atomic E-state index is 0.238. The number of hydrogen-bond donors (Lipinski definition) is 1. The van der Waals surface area contributed by atoms with E-state index in [2.05, 4.69) is 29.0 Å². The Morgan fingerprint density at radius 3 is 2.35 bits per heavy atom. The Hall–Kier alpha value is -0.580. The topological polar surface area (TPSA) is 33.1 Å². The Bertz CT molecular complexity index is 358. The second kappa shape index (κ2) is 6.38. The molecule has 1 unspecified atom stereocenters. The standard InChI is InChI=1S/C12H23ClN4/c1-6-17(7-2)10(8-14-4)11-12(13)16(5)9(3)15-11/h10,14H,6-8H2,1-5H3. The third-order valence-corrected chi connectivity index (χ3v) is 3.69. The van der Waals surface area contributed by atoms with Crippen molar-refractivity contribution in [2.45, 2.75) is 26.8 Å². The lowest BCUT2D eigenvalue weighted by Gasteiger charge is -2.28. The number of likely N-dealkylation sites (N-methyl/N-ethyl adjacent to an activating group) is 2. The van der Waals surface area contributed by atoms with Gasteiger partial charge in [0.15, 0.2) is 0 Å². The summed E-state index contributed by atoms with van der Waals surface area (Å²) in [7, 11) is 3.91. The Morgan fingerprint density at radius 2 is 2.00 bits per heavy atom. The van der Waals surface area contributed by atoms with E-state index in [4.69, 9.17) is 11.6 Å². The van der Waals surface area contributed by atoms with E-state index >= 15 is 0 Å². The normalized spacial score (nSPS) is 13.4. The Balaban J connectivity index is 3.08. The summed E-state index contributed by atoms with van der Waals surface area (Å²) in [4.78, 5) is 6.96. The molecular weight excluding hydrogens is 236 g/mol. The zero-order valence-electron chi connectivity index (χ0n) is 11.4. The van der Waals surface area contributed by atoms with Crippen molar-refractivity contribution in [3.05, 3.63) is 16.7 Å². The van der Waals surface area contributed by atoms with Gasteiger partial charge in [-0.2, -0.15) is 0 Å². The largest absolute Gasteiger partial charge is 0.322 e. The van der Waals surface area contributed by atoms with E-state index in [1.807, 2.05) is 25.6 Å². The molecule has 1 rings (SSSR count). The molecule has 0 aliphatic heterocycles. The molecule has 0 radical (unpaired) electrons. The van der Waals surface area contributed by atoms with Crippen molar-refractivity contribution in [1.82, 2.24) is 19.8 Å². The van der Waals surface area contributed by atoms with E-state index in [1.165, 1.54) is 0 Å². The van der Waals surface area contributed by atoms with Crippen molar-refractivity contribution in [1.29, 1.82) is 0 Å². The molecule has 0 spiro atoms. The molecule has 0 bridgehead atoms. The zero-order valence-corrected chi connectivity index (χ0v) is 12.2. The molecule has 1 N–H and O–H groups in total. The van der Waals surface area contributed by atoms with E-state index in [0.29, 0.717) is 0 Å². The second-order valence-corrected chi connectivity index (χ2v) is 4.55. The van der Waals surface area contributed by atoms with Gasteiger partial charge in [0.2, 0.25) is 0 Å². The minimum Gasteiger partial charge on any atom is -0.322 e. The van der Waals surface area contributed by atoms with Gasteiger partial charge in [-0.3, -0.25) is 4.90 Å². The number of aryl methyl sites for hydroxylation is 1. The van der Waals surface area contributed by atoms with Gasteiger partial charge in [-0.05, 0) is 27.1 Å². The number of hydrogen-bond acceptors (Lipinski definition) is 3. The highest BCUT2D eigenvalue weighted by Crippen LogP contribution is 2.26. The van der Waals surface area contributed by atoms with Gasteiger partial charge in [-0.25, -0.2) is 4.98 Å². The summed E-state index contributed by atoms with van der Waals surface area (Å²) in [5, 5.41) is 3.97. The van der Waals surface area contributed by atoms with Crippen LogP contribution in [0.15, 0.2) is 0 Å². The van der Waals surface area contributed by atoms with E-state index in [-0.39, 0.29) is 6.04 Å². The predicted octanol–water partition coefficient (Wildman–Crippen LogP) is 1.98. The number of halogens is 1. The van der Waals surface area contributed by atoms with Crippen LogP contribution in [0.25, 0.3) is 0 Å². The van der Waals surface area contributed by atoms with Gasteiger partial charge in [-0.1, -0.05) is 25.4 Å². The summed E-state index contributed by atoms with van der Waals surface area (Å²) in [6.07, 6.45) is 0. The molecule has 0 saturated heterocycles. The van der Waals surface area contributed by atoms with Crippen molar-refractivity contribution in [2.24, 2.45) is 7.05 Å². The molecule has 0 amide bonds. The van der Waals surface area contributed by atoms with Gasteiger partial charge < -0.3 is 9.88 Å². The second-order valence-electron chi connectivity index (χ2n) is 4.19. The van der Waals surface area contributed by atoms with E-state index in [0.717, 1.165) is 36.3 Å². The molecule has 0 aliphatic rings. The number of rotatable bonds is 6. The molecular formula is C12H23ClN4. The summed E-state index contributed by atoms with van der Waals surface area (Å²) < 4.78 is 1.93. The maximum atomic E-state index is 6.35. The van der Waals surface area contributed by atoms with Crippen LogP contribution >= 0.6 is 11.6 Å². The molecule has 1 aromatic rings. The van der Waals surface area contributed by atoms with Gasteiger partial charge in [0.25, 0.3) is 0 Å². The van der Waals surface area contributed by atoms with Crippen LogP contribution in [0.4, 0.5) is 0 Å². The number of nitrogens with zero attached hydrogens (tertiary/aromatic N) is 3. The number of nitrogens with one attached hydrogen (secondary N) is 1. The first kappa shape index (κ1) is 14.5. The van der Waals surface area contributed by atoms with Crippen LogP contribution in [-0.4, -0.2) is 41.1 Å². The SMILES string of the molecule is CCN(CC)C(CNC)c1nc(C)n(C)c1Cl. The van der Waals surface area contributed by atoms with Crippen LogP contribution < -0.4 is 5.32 Å². The molecule has 4 nitrogen and oxygen atoms in total. The first-order valence-corrected chi connectivity index (χ1v) is 6.51. The van der Waals surface area contributed by atoms with E-state index in [1.54, 1.807) is 0 Å². The molecule has 1 heterocycles. The lowest BCUT2D eigenvalue weighted by atomic mass is 10.2. The van der Waals surface area contributed by atoms with E-state index < -0.39 is 0 Å². The highest BCUT2D eigenvalue weighted by atomic mass is 35.5.